The van der Waals surface area contributed by atoms with Crippen LogP contribution < -0.4 is 5.73 Å². The van der Waals surface area contributed by atoms with E-state index in [9.17, 15) is 0 Å². The number of benzene rings is 1. The summed E-state index contributed by atoms with van der Waals surface area (Å²) in [5, 5.41) is 0. The number of rotatable bonds is 4. The van der Waals surface area contributed by atoms with Crippen LogP contribution in [0.5, 0.6) is 0 Å². The molecule has 0 amide bonds. The maximum atomic E-state index is 6.19. The number of hydrogen-bond acceptors (Lipinski definition) is 2. The SMILES string of the molecule is CC(C)c1ccc(CC(N)c2nccn2C)cc1. The predicted molar refractivity (Wildman–Crippen MR) is 74.4 cm³/mol. The zero-order chi connectivity index (χ0) is 13.1. The zero-order valence-electron chi connectivity index (χ0n) is 11.3. The van der Waals surface area contributed by atoms with Gasteiger partial charge in [0.15, 0.2) is 0 Å². The average molecular weight is 243 g/mol. The lowest BCUT2D eigenvalue weighted by Crippen LogP contribution is -2.17. The predicted octanol–water partition coefficient (Wildman–Crippen LogP) is 2.79. The second-order valence-electron chi connectivity index (χ2n) is 5.10. The van der Waals surface area contributed by atoms with Crippen molar-refractivity contribution in [3.8, 4) is 0 Å². The molecule has 1 aromatic heterocycles. The normalized spacial score (nSPS) is 12.9. The molecule has 0 saturated carbocycles. The van der Waals surface area contributed by atoms with Crippen molar-refractivity contribution in [1.82, 2.24) is 9.55 Å². The smallest absolute Gasteiger partial charge is 0.125 e. The Morgan fingerprint density at radius 1 is 1.22 bits per heavy atom. The highest BCUT2D eigenvalue weighted by molar-refractivity contribution is 5.25. The molecular weight excluding hydrogens is 222 g/mol. The van der Waals surface area contributed by atoms with E-state index in [1.807, 2.05) is 17.8 Å². The average Bonchev–Trinajstić information content (AvgIpc) is 2.76. The van der Waals surface area contributed by atoms with Crippen LogP contribution in [0.1, 0.15) is 42.8 Å². The molecule has 0 aliphatic carbocycles. The lowest BCUT2D eigenvalue weighted by Gasteiger charge is -2.12. The summed E-state index contributed by atoms with van der Waals surface area (Å²) in [7, 11) is 1.98. The quantitative estimate of drug-likeness (QED) is 0.897. The van der Waals surface area contributed by atoms with Crippen molar-refractivity contribution < 1.29 is 0 Å². The molecule has 0 aliphatic rings. The Morgan fingerprint density at radius 3 is 2.39 bits per heavy atom. The van der Waals surface area contributed by atoms with Gasteiger partial charge in [-0.3, -0.25) is 0 Å². The van der Waals surface area contributed by atoms with E-state index in [0.717, 1.165) is 12.2 Å². The highest BCUT2D eigenvalue weighted by atomic mass is 15.1. The minimum Gasteiger partial charge on any atom is -0.337 e. The van der Waals surface area contributed by atoms with Crippen LogP contribution in [-0.4, -0.2) is 9.55 Å². The molecule has 2 aromatic rings. The van der Waals surface area contributed by atoms with Gasteiger partial charge >= 0.3 is 0 Å². The molecule has 1 atom stereocenters. The molecule has 2 rings (SSSR count). The number of imidazole rings is 1. The van der Waals surface area contributed by atoms with Gasteiger partial charge in [-0.25, -0.2) is 4.98 Å². The van der Waals surface area contributed by atoms with Gasteiger partial charge in [0.2, 0.25) is 0 Å². The third kappa shape index (κ3) is 2.79. The standard InChI is InChI=1S/C15H21N3/c1-11(2)13-6-4-12(5-7-13)10-14(16)15-17-8-9-18(15)3/h4-9,11,14H,10,16H2,1-3H3. The first-order chi connectivity index (χ1) is 8.58. The topological polar surface area (TPSA) is 43.8 Å². The Morgan fingerprint density at radius 2 is 1.89 bits per heavy atom. The Balaban J connectivity index is 2.08. The van der Waals surface area contributed by atoms with Gasteiger partial charge in [-0.2, -0.15) is 0 Å². The Labute approximate surface area is 109 Å². The summed E-state index contributed by atoms with van der Waals surface area (Å²) in [6.07, 6.45) is 4.54. The Bertz CT molecular complexity index is 497. The third-order valence-corrected chi connectivity index (χ3v) is 3.29. The van der Waals surface area contributed by atoms with Crippen molar-refractivity contribution in [2.24, 2.45) is 12.8 Å². The van der Waals surface area contributed by atoms with Gasteiger partial charge in [0.25, 0.3) is 0 Å². The second kappa shape index (κ2) is 5.36. The summed E-state index contributed by atoms with van der Waals surface area (Å²) in [5.41, 5.74) is 8.81. The van der Waals surface area contributed by atoms with E-state index in [4.69, 9.17) is 5.73 Å². The fourth-order valence-corrected chi connectivity index (χ4v) is 2.12. The zero-order valence-corrected chi connectivity index (χ0v) is 11.3. The van der Waals surface area contributed by atoms with Gasteiger partial charge < -0.3 is 10.3 Å². The monoisotopic (exact) mass is 243 g/mol. The lowest BCUT2D eigenvalue weighted by molar-refractivity contribution is 0.632. The molecule has 0 radical (unpaired) electrons. The summed E-state index contributed by atoms with van der Waals surface area (Å²) in [5.74, 6) is 1.50. The maximum absolute atomic E-state index is 6.19. The number of aryl methyl sites for hydroxylation is 1. The fourth-order valence-electron chi connectivity index (χ4n) is 2.12. The van der Waals surface area contributed by atoms with Gasteiger partial charge in [-0.15, -0.1) is 0 Å². The van der Waals surface area contributed by atoms with E-state index in [0.29, 0.717) is 5.92 Å². The van der Waals surface area contributed by atoms with Gasteiger partial charge in [0, 0.05) is 19.4 Å². The number of nitrogens with zero attached hydrogens (tertiary/aromatic N) is 2. The van der Waals surface area contributed by atoms with Crippen molar-refractivity contribution in [2.45, 2.75) is 32.2 Å². The molecule has 18 heavy (non-hydrogen) atoms. The van der Waals surface area contributed by atoms with E-state index in [2.05, 4.69) is 43.1 Å². The van der Waals surface area contributed by atoms with E-state index in [1.165, 1.54) is 11.1 Å². The number of nitrogens with two attached hydrogens (primary N) is 1. The van der Waals surface area contributed by atoms with Crippen LogP contribution in [0.4, 0.5) is 0 Å². The summed E-state index contributed by atoms with van der Waals surface area (Å²) >= 11 is 0. The fraction of sp³-hybridized carbons (Fsp3) is 0.400. The van der Waals surface area contributed by atoms with Crippen LogP contribution in [-0.2, 0) is 13.5 Å². The van der Waals surface area contributed by atoms with Crippen molar-refractivity contribution in [2.75, 3.05) is 0 Å². The molecule has 1 heterocycles. The largest absolute Gasteiger partial charge is 0.337 e. The molecule has 1 aromatic carbocycles. The van der Waals surface area contributed by atoms with Gasteiger partial charge in [0.05, 0.1) is 6.04 Å². The van der Waals surface area contributed by atoms with Crippen molar-refractivity contribution >= 4 is 0 Å². The number of hydrogen-bond donors (Lipinski definition) is 1. The number of aromatic nitrogens is 2. The van der Waals surface area contributed by atoms with Crippen molar-refractivity contribution in [3.63, 3.8) is 0 Å². The lowest BCUT2D eigenvalue weighted by atomic mass is 9.99. The third-order valence-electron chi connectivity index (χ3n) is 3.29. The molecule has 0 saturated heterocycles. The first-order valence-electron chi connectivity index (χ1n) is 6.39. The van der Waals surface area contributed by atoms with Crippen LogP contribution in [0, 0.1) is 0 Å². The van der Waals surface area contributed by atoms with Crippen LogP contribution in [0.2, 0.25) is 0 Å². The minimum absolute atomic E-state index is 0.0464. The molecule has 1 unspecified atom stereocenters. The van der Waals surface area contributed by atoms with E-state index < -0.39 is 0 Å². The van der Waals surface area contributed by atoms with Gasteiger partial charge in [-0.1, -0.05) is 38.1 Å². The molecule has 0 spiro atoms. The van der Waals surface area contributed by atoms with E-state index >= 15 is 0 Å². The summed E-state index contributed by atoms with van der Waals surface area (Å²) in [4.78, 5) is 4.30. The molecule has 3 nitrogen and oxygen atoms in total. The summed E-state index contributed by atoms with van der Waals surface area (Å²) in [6.45, 7) is 4.41. The van der Waals surface area contributed by atoms with Gasteiger partial charge in [-0.05, 0) is 23.5 Å². The van der Waals surface area contributed by atoms with Crippen molar-refractivity contribution in [3.05, 3.63) is 53.6 Å². The van der Waals surface area contributed by atoms with Crippen LogP contribution >= 0.6 is 0 Å². The second-order valence-corrected chi connectivity index (χ2v) is 5.10. The van der Waals surface area contributed by atoms with Crippen molar-refractivity contribution in [1.29, 1.82) is 0 Å². The Hall–Kier alpha value is -1.61. The first kappa shape index (κ1) is 12.8. The summed E-state index contributed by atoms with van der Waals surface area (Å²) in [6, 6.07) is 8.65. The minimum atomic E-state index is -0.0464. The Kier molecular flexibility index (Phi) is 3.82. The molecular formula is C15H21N3. The molecule has 96 valence electrons. The summed E-state index contributed by atoms with van der Waals surface area (Å²) < 4.78 is 1.98. The first-order valence-corrected chi connectivity index (χ1v) is 6.39. The van der Waals surface area contributed by atoms with E-state index in [1.54, 1.807) is 6.20 Å². The van der Waals surface area contributed by atoms with Crippen LogP contribution in [0.15, 0.2) is 36.7 Å². The van der Waals surface area contributed by atoms with Crippen LogP contribution in [0.25, 0.3) is 0 Å². The highest BCUT2D eigenvalue weighted by Gasteiger charge is 2.11. The molecule has 0 aliphatic heterocycles. The van der Waals surface area contributed by atoms with E-state index in [-0.39, 0.29) is 6.04 Å². The highest BCUT2D eigenvalue weighted by Crippen LogP contribution is 2.18. The molecule has 0 bridgehead atoms. The maximum Gasteiger partial charge on any atom is 0.125 e. The molecule has 0 fully saturated rings. The van der Waals surface area contributed by atoms with Crippen LogP contribution in [0.3, 0.4) is 0 Å². The molecule has 3 heteroatoms. The van der Waals surface area contributed by atoms with Gasteiger partial charge in [0.1, 0.15) is 5.82 Å². The molecule has 2 N–H and O–H groups in total.